The second-order valence-electron chi connectivity index (χ2n) is 7.59. The number of halogens is 1. The van der Waals surface area contributed by atoms with Crippen LogP contribution in [0.4, 0.5) is 9.18 Å². The van der Waals surface area contributed by atoms with Crippen LogP contribution in [0.3, 0.4) is 0 Å². The summed E-state index contributed by atoms with van der Waals surface area (Å²) in [6.07, 6.45) is 2.69. The predicted molar refractivity (Wildman–Crippen MR) is 125 cm³/mol. The SMILES string of the molecule is COCCCN1C(=O)NC(c2ccc(SC)cc2)C(c2nc(-c3cccc(F)c3)no2)=C1C. The molecule has 1 unspecified atom stereocenters. The molecule has 0 spiro atoms. The van der Waals surface area contributed by atoms with Gasteiger partial charge in [-0.15, -0.1) is 11.8 Å². The van der Waals surface area contributed by atoms with Crippen LogP contribution < -0.4 is 5.32 Å². The van der Waals surface area contributed by atoms with Crippen molar-refractivity contribution in [3.63, 3.8) is 0 Å². The van der Waals surface area contributed by atoms with Crippen molar-refractivity contribution >= 4 is 23.4 Å². The molecule has 2 amide bonds. The summed E-state index contributed by atoms with van der Waals surface area (Å²) < 4.78 is 24.5. The molecule has 172 valence electrons. The van der Waals surface area contributed by atoms with Crippen molar-refractivity contribution in [3.05, 3.63) is 71.5 Å². The number of thioether (sulfide) groups is 1. The molecule has 1 N–H and O–H groups in total. The fourth-order valence-electron chi connectivity index (χ4n) is 3.82. The zero-order valence-electron chi connectivity index (χ0n) is 18.7. The van der Waals surface area contributed by atoms with Crippen LogP contribution in [-0.4, -0.2) is 47.6 Å². The molecule has 3 aromatic rings. The van der Waals surface area contributed by atoms with Crippen LogP contribution in [0.1, 0.15) is 30.8 Å². The first kappa shape index (κ1) is 23.0. The Labute approximate surface area is 196 Å². The molecule has 0 fully saturated rings. The largest absolute Gasteiger partial charge is 0.385 e. The minimum Gasteiger partial charge on any atom is -0.385 e. The number of amides is 2. The van der Waals surface area contributed by atoms with Gasteiger partial charge in [-0.2, -0.15) is 4.98 Å². The molecule has 1 aliphatic rings. The van der Waals surface area contributed by atoms with Crippen molar-refractivity contribution in [3.8, 4) is 11.4 Å². The van der Waals surface area contributed by atoms with Gasteiger partial charge in [0, 0.05) is 36.4 Å². The molecule has 2 heterocycles. The summed E-state index contributed by atoms with van der Waals surface area (Å²) >= 11 is 1.65. The van der Waals surface area contributed by atoms with Crippen LogP contribution in [0.15, 0.2) is 63.6 Å². The average molecular weight is 469 g/mol. The Balaban J connectivity index is 1.76. The highest BCUT2D eigenvalue weighted by Gasteiger charge is 2.35. The first-order valence-electron chi connectivity index (χ1n) is 10.5. The van der Waals surface area contributed by atoms with Gasteiger partial charge in [0.15, 0.2) is 0 Å². The van der Waals surface area contributed by atoms with Crippen molar-refractivity contribution in [1.82, 2.24) is 20.4 Å². The lowest BCUT2D eigenvalue weighted by Crippen LogP contribution is -2.46. The van der Waals surface area contributed by atoms with E-state index in [4.69, 9.17) is 9.26 Å². The van der Waals surface area contributed by atoms with Gasteiger partial charge in [-0.05, 0) is 49.4 Å². The van der Waals surface area contributed by atoms with E-state index < -0.39 is 6.04 Å². The number of aromatic nitrogens is 2. The molecule has 1 aliphatic heterocycles. The van der Waals surface area contributed by atoms with E-state index in [2.05, 4.69) is 15.5 Å². The second kappa shape index (κ2) is 10.2. The Hall–Kier alpha value is -3.17. The average Bonchev–Trinajstić information content (AvgIpc) is 3.31. The molecule has 33 heavy (non-hydrogen) atoms. The maximum Gasteiger partial charge on any atom is 0.322 e. The van der Waals surface area contributed by atoms with E-state index in [1.165, 1.54) is 12.1 Å². The summed E-state index contributed by atoms with van der Waals surface area (Å²) in [6.45, 7) is 2.89. The third-order valence-electron chi connectivity index (χ3n) is 5.51. The zero-order valence-corrected chi connectivity index (χ0v) is 19.5. The topological polar surface area (TPSA) is 80.5 Å². The fourth-order valence-corrected chi connectivity index (χ4v) is 4.23. The highest BCUT2D eigenvalue weighted by molar-refractivity contribution is 7.98. The van der Waals surface area contributed by atoms with E-state index in [-0.39, 0.29) is 23.6 Å². The molecule has 9 heteroatoms. The fraction of sp³-hybridized carbons (Fsp3) is 0.292. The summed E-state index contributed by atoms with van der Waals surface area (Å²) in [5, 5.41) is 7.15. The molecule has 0 saturated heterocycles. The normalized spacial score (nSPS) is 16.3. The van der Waals surface area contributed by atoms with E-state index in [0.717, 1.165) is 16.2 Å². The maximum atomic E-state index is 13.7. The number of urea groups is 1. The molecule has 0 saturated carbocycles. The van der Waals surface area contributed by atoms with Gasteiger partial charge in [0.1, 0.15) is 5.82 Å². The summed E-state index contributed by atoms with van der Waals surface area (Å²) in [6, 6.07) is 13.4. The van der Waals surface area contributed by atoms with Crippen LogP contribution in [0.5, 0.6) is 0 Å². The number of benzene rings is 2. The van der Waals surface area contributed by atoms with Gasteiger partial charge >= 0.3 is 6.03 Å². The highest BCUT2D eigenvalue weighted by Crippen LogP contribution is 2.37. The lowest BCUT2D eigenvalue weighted by Gasteiger charge is -2.35. The van der Waals surface area contributed by atoms with Gasteiger partial charge in [0.2, 0.25) is 5.82 Å². The standard InChI is InChI=1S/C24H25FN4O3S/c1-15-20(23-27-22(28-32-23)17-6-4-7-18(25)14-17)21(16-8-10-19(33-3)11-9-16)26-24(30)29(15)12-5-13-31-2/h4,6-11,14,21H,5,12-13H2,1-3H3,(H,26,30). The lowest BCUT2D eigenvalue weighted by molar-refractivity contribution is 0.174. The molecule has 1 atom stereocenters. The van der Waals surface area contributed by atoms with Crippen molar-refractivity contribution < 1.29 is 18.4 Å². The van der Waals surface area contributed by atoms with E-state index >= 15 is 0 Å². The van der Waals surface area contributed by atoms with Gasteiger partial charge in [-0.1, -0.05) is 29.4 Å². The van der Waals surface area contributed by atoms with Crippen molar-refractivity contribution in [1.29, 1.82) is 0 Å². The summed E-state index contributed by atoms with van der Waals surface area (Å²) in [5.74, 6) is 0.182. The molecule has 1 aromatic heterocycles. The van der Waals surface area contributed by atoms with Crippen LogP contribution in [0.25, 0.3) is 17.0 Å². The van der Waals surface area contributed by atoms with Gasteiger partial charge in [-0.3, -0.25) is 4.90 Å². The first-order chi connectivity index (χ1) is 16.0. The highest BCUT2D eigenvalue weighted by atomic mass is 32.2. The van der Waals surface area contributed by atoms with Crippen molar-refractivity contribution in [2.45, 2.75) is 24.3 Å². The van der Waals surface area contributed by atoms with Gasteiger partial charge in [0.25, 0.3) is 5.89 Å². The van der Waals surface area contributed by atoms with E-state index in [1.54, 1.807) is 35.9 Å². The number of hydrogen-bond acceptors (Lipinski definition) is 6. The van der Waals surface area contributed by atoms with Crippen LogP contribution >= 0.6 is 11.8 Å². The molecular weight excluding hydrogens is 443 g/mol. The minimum atomic E-state index is -0.465. The summed E-state index contributed by atoms with van der Waals surface area (Å²) in [5.41, 5.74) is 2.85. The van der Waals surface area contributed by atoms with Crippen molar-refractivity contribution in [2.75, 3.05) is 26.5 Å². The Morgan fingerprint density at radius 3 is 2.73 bits per heavy atom. The number of nitrogens with zero attached hydrogens (tertiary/aromatic N) is 3. The predicted octanol–water partition coefficient (Wildman–Crippen LogP) is 5.13. The number of ether oxygens (including phenoxy) is 1. The monoisotopic (exact) mass is 468 g/mol. The summed E-state index contributed by atoms with van der Waals surface area (Å²) in [4.78, 5) is 20.3. The molecule has 4 rings (SSSR count). The summed E-state index contributed by atoms with van der Waals surface area (Å²) in [7, 11) is 1.63. The quantitative estimate of drug-likeness (QED) is 0.365. The van der Waals surface area contributed by atoms with Crippen LogP contribution in [0, 0.1) is 5.82 Å². The van der Waals surface area contributed by atoms with Crippen LogP contribution in [0.2, 0.25) is 0 Å². The molecule has 0 radical (unpaired) electrons. The Kier molecular flexibility index (Phi) is 7.10. The molecule has 0 bridgehead atoms. The van der Waals surface area contributed by atoms with E-state index in [9.17, 15) is 9.18 Å². The number of methoxy groups -OCH3 is 1. The number of carbonyl (C=O) groups is 1. The van der Waals surface area contributed by atoms with Gasteiger partial charge in [0.05, 0.1) is 11.6 Å². The molecule has 2 aromatic carbocycles. The number of allylic oxidation sites excluding steroid dienone is 1. The number of rotatable bonds is 8. The van der Waals surface area contributed by atoms with E-state index in [0.29, 0.717) is 30.7 Å². The Bertz CT molecular complexity index is 1160. The van der Waals surface area contributed by atoms with Gasteiger partial charge in [-0.25, -0.2) is 9.18 Å². The second-order valence-corrected chi connectivity index (χ2v) is 8.47. The lowest BCUT2D eigenvalue weighted by atomic mass is 9.94. The maximum absolute atomic E-state index is 13.7. The van der Waals surface area contributed by atoms with Gasteiger partial charge < -0.3 is 14.6 Å². The van der Waals surface area contributed by atoms with Crippen LogP contribution in [-0.2, 0) is 4.74 Å². The zero-order chi connectivity index (χ0) is 23.4. The molecule has 0 aliphatic carbocycles. The Morgan fingerprint density at radius 1 is 1.24 bits per heavy atom. The van der Waals surface area contributed by atoms with Crippen molar-refractivity contribution in [2.24, 2.45) is 0 Å². The number of nitrogens with one attached hydrogen (secondary N) is 1. The minimum absolute atomic E-state index is 0.198. The molecular formula is C24H25FN4O3S. The third-order valence-corrected chi connectivity index (χ3v) is 6.26. The molecule has 7 nitrogen and oxygen atoms in total. The number of hydrogen-bond donors (Lipinski definition) is 1. The third kappa shape index (κ3) is 4.94. The van der Waals surface area contributed by atoms with E-state index in [1.807, 2.05) is 37.4 Å². The smallest absolute Gasteiger partial charge is 0.322 e. The number of carbonyl (C=O) groups excluding carboxylic acids is 1. The first-order valence-corrected chi connectivity index (χ1v) is 11.8. The Morgan fingerprint density at radius 2 is 2.03 bits per heavy atom.